The van der Waals surface area contributed by atoms with Crippen molar-refractivity contribution < 1.29 is 37.5 Å². The molecule has 1 aliphatic carbocycles. The lowest BCUT2D eigenvalue weighted by atomic mass is 9.80. The molecule has 4 aromatic rings. The van der Waals surface area contributed by atoms with Crippen molar-refractivity contribution in [3.8, 4) is 17.6 Å². The van der Waals surface area contributed by atoms with Crippen LogP contribution in [0.15, 0.2) is 101 Å². The number of H-pyrrole nitrogens is 1. The summed E-state index contributed by atoms with van der Waals surface area (Å²) in [6.07, 6.45) is 1.81. The van der Waals surface area contributed by atoms with Crippen LogP contribution < -0.4 is 20.7 Å². The SMILES string of the molecule is COc1ccc(C(OC[C@H]2O[C@@H](n3ccc(=O)[nH]c3=O)[C@H](OCOC3CCCC3)[C@@H]2OP(OCCC#N)N(C(C)C)C(C)C)(c2ccccc2)c2ccc(OC)cc2)cc1. The Balaban J connectivity index is 1.48. The summed E-state index contributed by atoms with van der Waals surface area (Å²) in [6.45, 7) is 8.21. The summed E-state index contributed by atoms with van der Waals surface area (Å²) < 4.78 is 55.1. The van der Waals surface area contributed by atoms with Crippen LogP contribution >= 0.6 is 8.53 Å². The first kappa shape index (κ1) is 45.1. The molecular formula is C45H57N4O10P. The van der Waals surface area contributed by atoms with Gasteiger partial charge in [-0.2, -0.15) is 5.26 Å². The normalized spacial score (nSPS) is 20.2. The van der Waals surface area contributed by atoms with E-state index in [1.807, 2.05) is 78.9 Å². The number of nitriles is 1. The Morgan fingerprint density at radius 1 is 0.850 bits per heavy atom. The molecule has 1 aromatic heterocycles. The van der Waals surface area contributed by atoms with Gasteiger partial charge in [-0.3, -0.25) is 14.3 Å². The van der Waals surface area contributed by atoms with Crippen molar-refractivity contribution in [3.63, 3.8) is 0 Å². The van der Waals surface area contributed by atoms with Crippen molar-refractivity contribution >= 4 is 8.53 Å². The quantitative estimate of drug-likeness (QED) is 0.0384. The predicted octanol–water partition coefficient (Wildman–Crippen LogP) is 7.42. The molecule has 1 saturated heterocycles. The van der Waals surface area contributed by atoms with Gasteiger partial charge < -0.3 is 37.5 Å². The van der Waals surface area contributed by atoms with Gasteiger partial charge in [0, 0.05) is 24.3 Å². The van der Waals surface area contributed by atoms with Crippen LogP contribution in [0.3, 0.4) is 0 Å². The van der Waals surface area contributed by atoms with Gasteiger partial charge in [0.2, 0.25) is 0 Å². The molecule has 14 nitrogen and oxygen atoms in total. The van der Waals surface area contributed by atoms with E-state index in [0.29, 0.717) is 11.5 Å². The molecule has 2 aliphatic rings. The summed E-state index contributed by atoms with van der Waals surface area (Å²) in [5.41, 5.74) is 0.0397. The summed E-state index contributed by atoms with van der Waals surface area (Å²) in [7, 11) is 1.41. The number of rotatable bonds is 21. The third-order valence-electron chi connectivity index (χ3n) is 10.8. The maximum Gasteiger partial charge on any atom is 0.330 e. The average molecular weight is 845 g/mol. The number of hydrogen-bond donors (Lipinski definition) is 1. The van der Waals surface area contributed by atoms with Crippen LogP contribution in [0, 0.1) is 11.3 Å². The summed E-state index contributed by atoms with van der Waals surface area (Å²) in [4.78, 5) is 28.2. The van der Waals surface area contributed by atoms with Gasteiger partial charge in [-0.05, 0) is 81.5 Å². The molecule has 1 saturated carbocycles. The predicted molar refractivity (Wildman–Crippen MR) is 227 cm³/mol. The molecular weight excluding hydrogens is 787 g/mol. The molecule has 2 heterocycles. The molecule has 6 rings (SSSR count). The number of methoxy groups -OCH3 is 2. The van der Waals surface area contributed by atoms with Crippen LogP contribution in [0.25, 0.3) is 0 Å². The van der Waals surface area contributed by atoms with Crippen LogP contribution in [0.4, 0.5) is 0 Å². The van der Waals surface area contributed by atoms with Crippen LogP contribution in [0.5, 0.6) is 11.5 Å². The fraction of sp³-hybridized carbons (Fsp3) is 0.489. The molecule has 0 radical (unpaired) electrons. The van der Waals surface area contributed by atoms with Crippen LogP contribution in [0.1, 0.15) is 82.7 Å². The highest BCUT2D eigenvalue weighted by Gasteiger charge is 2.52. The zero-order chi connectivity index (χ0) is 42.6. The molecule has 0 spiro atoms. The summed E-state index contributed by atoms with van der Waals surface area (Å²) in [5.74, 6) is 1.36. The first-order chi connectivity index (χ1) is 29.1. The van der Waals surface area contributed by atoms with Crippen LogP contribution in [0.2, 0.25) is 0 Å². The standard InChI is InChI=1S/C45H57N4O10P/c1-31(2)49(32(3)4)60(57-28-12-26-46)59-41-39(58-43(48-27-25-40(50)47-44(48)51)42(41)55-30-54-38-15-10-11-16-38)29-56-45(33-13-8-7-9-14-33,34-17-21-36(52-5)22-18-34)35-19-23-37(53-6)24-20-35/h7-9,13-14,17-25,27,31-32,38-39,41-43H,10-12,15-16,28-30H2,1-6H3,(H,47,50,51)/t39-,41-,42-,43-,60?/m1/s1. The molecule has 1 aliphatic heterocycles. The Morgan fingerprint density at radius 3 is 2.00 bits per heavy atom. The van der Waals surface area contributed by atoms with E-state index in [0.717, 1.165) is 42.4 Å². The monoisotopic (exact) mass is 844 g/mol. The maximum atomic E-state index is 13.5. The van der Waals surface area contributed by atoms with Crippen molar-refractivity contribution in [1.29, 1.82) is 5.26 Å². The first-order valence-corrected chi connectivity index (χ1v) is 21.7. The molecule has 0 bridgehead atoms. The van der Waals surface area contributed by atoms with Gasteiger partial charge >= 0.3 is 5.69 Å². The van der Waals surface area contributed by atoms with E-state index in [4.69, 9.17) is 37.5 Å². The highest BCUT2D eigenvalue weighted by molar-refractivity contribution is 7.44. The number of benzene rings is 3. The van der Waals surface area contributed by atoms with Gasteiger partial charge in [0.05, 0.1) is 46.0 Å². The Labute approximate surface area is 353 Å². The topological polar surface area (TPSA) is 156 Å². The van der Waals surface area contributed by atoms with Crippen LogP contribution in [-0.2, 0) is 33.6 Å². The van der Waals surface area contributed by atoms with Crippen molar-refractivity contribution in [1.82, 2.24) is 14.2 Å². The minimum absolute atomic E-state index is 0.00576. The zero-order valence-electron chi connectivity index (χ0n) is 35.2. The van der Waals surface area contributed by atoms with Gasteiger partial charge in [0.15, 0.2) is 6.23 Å². The van der Waals surface area contributed by atoms with Gasteiger partial charge in [0.25, 0.3) is 14.1 Å². The molecule has 1 unspecified atom stereocenters. The highest BCUT2D eigenvalue weighted by atomic mass is 31.2. The second kappa shape index (κ2) is 21.4. The summed E-state index contributed by atoms with van der Waals surface area (Å²) in [5, 5.41) is 9.47. The van der Waals surface area contributed by atoms with E-state index in [1.54, 1.807) is 14.2 Å². The number of hydrogen-bond acceptors (Lipinski definition) is 12. The Hall–Kier alpha value is -4.42. The minimum atomic E-state index is -1.83. The van der Waals surface area contributed by atoms with Gasteiger partial charge in [0.1, 0.15) is 42.2 Å². The van der Waals surface area contributed by atoms with Gasteiger partial charge in [-0.25, -0.2) is 9.46 Å². The summed E-state index contributed by atoms with van der Waals surface area (Å²) >= 11 is 0. The largest absolute Gasteiger partial charge is 0.497 e. The number of aromatic nitrogens is 2. The summed E-state index contributed by atoms with van der Waals surface area (Å²) in [6, 6.07) is 28.8. The lowest BCUT2D eigenvalue weighted by molar-refractivity contribution is -0.154. The lowest BCUT2D eigenvalue weighted by Gasteiger charge is -2.39. The molecule has 322 valence electrons. The van der Waals surface area contributed by atoms with E-state index < -0.39 is 49.9 Å². The van der Waals surface area contributed by atoms with Crippen molar-refractivity contribution in [2.24, 2.45) is 0 Å². The van der Waals surface area contributed by atoms with Crippen LogP contribution in [-0.4, -0.2) is 84.9 Å². The molecule has 60 heavy (non-hydrogen) atoms. The third-order valence-corrected chi connectivity index (χ3v) is 12.9. The molecule has 15 heteroatoms. The molecule has 2 fully saturated rings. The van der Waals surface area contributed by atoms with E-state index in [9.17, 15) is 14.9 Å². The fourth-order valence-corrected chi connectivity index (χ4v) is 9.72. The molecule has 3 aromatic carbocycles. The average Bonchev–Trinajstić information content (AvgIpc) is 3.89. The van der Waals surface area contributed by atoms with Crippen molar-refractivity contribution in [2.75, 3.05) is 34.2 Å². The van der Waals surface area contributed by atoms with E-state index >= 15 is 0 Å². The zero-order valence-corrected chi connectivity index (χ0v) is 36.1. The Bertz CT molecular complexity index is 2030. The Kier molecular flexibility index (Phi) is 16.1. The van der Waals surface area contributed by atoms with E-state index in [2.05, 4.69) is 43.4 Å². The molecule has 0 amide bonds. The van der Waals surface area contributed by atoms with Gasteiger partial charge in [-0.15, -0.1) is 0 Å². The molecule has 5 atom stereocenters. The maximum absolute atomic E-state index is 13.5. The van der Waals surface area contributed by atoms with E-state index in [-0.39, 0.29) is 44.6 Å². The minimum Gasteiger partial charge on any atom is -0.497 e. The third kappa shape index (κ3) is 10.5. The second-order valence-electron chi connectivity index (χ2n) is 15.3. The van der Waals surface area contributed by atoms with Gasteiger partial charge in [-0.1, -0.05) is 67.4 Å². The molecule has 1 N–H and O–H groups in total. The second-order valence-corrected chi connectivity index (χ2v) is 16.7. The van der Waals surface area contributed by atoms with Crippen molar-refractivity contribution in [3.05, 3.63) is 129 Å². The lowest BCUT2D eigenvalue weighted by Crippen LogP contribution is -2.44. The number of aromatic amines is 1. The number of ether oxygens (including phenoxy) is 6. The number of nitrogens with zero attached hydrogens (tertiary/aromatic N) is 3. The fourth-order valence-electron chi connectivity index (χ4n) is 7.95. The van der Waals surface area contributed by atoms with E-state index in [1.165, 1.54) is 16.8 Å². The van der Waals surface area contributed by atoms with Crippen molar-refractivity contribution in [2.45, 2.75) is 108 Å². The highest BCUT2D eigenvalue weighted by Crippen LogP contribution is 2.51. The number of nitrogens with one attached hydrogen (secondary N) is 1. The smallest absolute Gasteiger partial charge is 0.330 e. The first-order valence-electron chi connectivity index (χ1n) is 20.5. The Morgan fingerprint density at radius 2 is 1.45 bits per heavy atom.